The van der Waals surface area contributed by atoms with Gasteiger partial charge in [-0.15, -0.1) is 0 Å². The van der Waals surface area contributed by atoms with Crippen molar-refractivity contribution in [3.8, 4) is 11.5 Å². The lowest BCUT2D eigenvalue weighted by molar-refractivity contribution is -0.135. The lowest BCUT2D eigenvalue weighted by atomic mass is 9.98. The first-order valence-corrected chi connectivity index (χ1v) is 12.3. The molecular formula is C27H38N2O6. The summed E-state index contributed by atoms with van der Waals surface area (Å²) in [7, 11) is 0. The van der Waals surface area contributed by atoms with Crippen LogP contribution in [0.1, 0.15) is 75.7 Å². The second-order valence-electron chi connectivity index (χ2n) is 8.65. The number of cyclic esters (lactones) is 1. The molecule has 1 aromatic rings. The molecule has 192 valence electrons. The third kappa shape index (κ3) is 8.77. The Morgan fingerprint density at radius 3 is 2.63 bits per heavy atom. The summed E-state index contributed by atoms with van der Waals surface area (Å²) in [6, 6.07) is 2.53. The van der Waals surface area contributed by atoms with Gasteiger partial charge >= 0.3 is 5.97 Å². The minimum atomic E-state index is -0.654. The van der Waals surface area contributed by atoms with Crippen molar-refractivity contribution in [3.63, 3.8) is 0 Å². The van der Waals surface area contributed by atoms with Gasteiger partial charge in [0, 0.05) is 32.0 Å². The van der Waals surface area contributed by atoms with Crippen molar-refractivity contribution in [1.82, 2.24) is 4.90 Å². The van der Waals surface area contributed by atoms with Gasteiger partial charge in [0.2, 0.25) is 0 Å². The topological polar surface area (TPSA) is 109 Å². The first kappa shape index (κ1) is 28.0. The van der Waals surface area contributed by atoms with E-state index in [1.165, 1.54) is 6.07 Å². The summed E-state index contributed by atoms with van der Waals surface area (Å²) < 4.78 is 5.73. The zero-order valence-electron chi connectivity index (χ0n) is 21.2. The van der Waals surface area contributed by atoms with Crippen molar-refractivity contribution < 1.29 is 29.4 Å². The smallest absolute Gasteiger partial charge is 0.342 e. The van der Waals surface area contributed by atoms with Crippen LogP contribution >= 0.6 is 0 Å². The van der Waals surface area contributed by atoms with Gasteiger partial charge in [0.05, 0.1) is 5.71 Å². The van der Waals surface area contributed by atoms with Crippen LogP contribution in [-0.2, 0) is 20.8 Å². The number of likely N-dealkylation sites (N-methyl/N-ethyl adjacent to an activating group) is 1. The van der Waals surface area contributed by atoms with Gasteiger partial charge in [-0.2, -0.15) is 0 Å². The molecule has 0 saturated heterocycles. The summed E-state index contributed by atoms with van der Waals surface area (Å²) >= 11 is 0. The molecular weight excluding hydrogens is 448 g/mol. The zero-order chi connectivity index (χ0) is 25.8. The maximum absolute atomic E-state index is 13.1. The van der Waals surface area contributed by atoms with Crippen LogP contribution in [0.2, 0.25) is 0 Å². The standard InChI is InChI=1S/C27H38N2O6/c1-5-11-23-13-10-8-9-12-19(4)14-21(28-34-18-25(32)29(6-2)7-3)15-20-16-22(30)17-24(31)26(20)27(33)35-23/h8,10,14,16-17,23,30-31H,5-7,9,11-13,15,18H2,1-4H3. The first-order chi connectivity index (χ1) is 16.8. The van der Waals surface area contributed by atoms with Crippen molar-refractivity contribution in [2.75, 3.05) is 19.7 Å². The summed E-state index contributed by atoms with van der Waals surface area (Å²) in [6.45, 7) is 8.74. The predicted octanol–water partition coefficient (Wildman–Crippen LogP) is 4.89. The highest BCUT2D eigenvalue weighted by molar-refractivity contribution is 6.01. The van der Waals surface area contributed by atoms with E-state index in [9.17, 15) is 19.8 Å². The number of hydrogen-bond acceptors (Lipinski definition) is 7. The van der Waals surface area contributed by atoms with Gasteiger partial charge in [-0.1, -0.05) is 36.2 Å². The van der Waals surface area contributed by atoms with E-state index in [2.05, 4.69) is 11.2 Å². The van der Waals surface area contributed by atoms with Gasteiger partial charge in [0.1, 0.15) is 23.2 Å². The number of ether oxygens (including phenoxy) is 1. The van der Waals surface area contributed by atoms with Gasteiger partial charge < -0.3 is 24.7 Å². The molecule has 0 aliphatic carbocycles. The molecule has 0 radical (unpaired) electrons. The van der Waals surface area contributed by atoms with Crippen LogP contribution in [0.5, 0.6) is 11.5 Å². The summed E-state index contributed by atoms with van der Waals surface area (Å²) in [4.78, 5) is 32.4. The zero-order valence-corrected chi connectivity index (χ0v) is 21.2. The maximum Gasteiger partial charge on any atom is 0.342 e. The average molecular weight is 487 g/mol. The van der Waals surface area contributed by atoms with Crippen molar-refractivity contribution in [1.29, 1.82) is 0 Å². The van der Waals surface area contributed by atoms with Crippen molar-refractivity contribution >= 4 is 17.6 Å². The molecule has 8 heteroatoms. The van der Waals surface area contributed by atoms with Crippen molar-refractivity contribution in [2.24, 2.45) is 5.16 Å². The number of aromatic hydroxyl groups is 2. The highest BCUT2D eigenvalue weighted by Crippen LogP contribution is 2.30. The van der Waals surface area contributed by atoms with Crippen LogP contribution in [0.25, 0.3) is 0 Å². The highest BCUT2D eigenvalue weighted by Gasteiger charge is 2.23. The van der Waals surface area contributed by atoms with Gasteiger partial charge in [-0.3, -0.25) is 4.79 Å². The van der Waals surface area contributed by atoms with Crippen molar-refractivity contribution in [3.05, 3.63) is 47.1 Å². The molecule has 0 aromatic heterocycles. The average Bonchev–Trinajstić information content (AvgIpc) is 2.78. The predicted molar refractivity (Wildman–Crippen MR) is 136 cm³/mol. The molecule has 1 atom stereocenters. The summed E-state index contributed by atoms with van der Waals surface area (Å²) in [6.07, 6.45) is 9.47. The number of esters is 1. The molecule has 0 fully saturated rings. The van der Waals surface area contributed by atoms with Crippen molar-refractivity contribution in [2.45, 2.75) is 72.3 Å². The van der Waals surface area contributed by atoms with Gasteiger partial charge in [-0.05, 0) is 57.7 Å². The van der Waals surface area contributed by atoms with E-state index in [1.807, 2.05) is 39.8 Å². The van der Waals surface area contributed by atoms with Gasteiger partial charge in [-0.25, -0.2) is 4.79 Å². The fraction of sp³-hybridized carbons (Fsp3) is 0.519. The van der Waals surface area contributed by atoms with Crippen LogP contribution < -0.4 is 0 Å². The molecule has 2 N–H and O–H groups in total. The Labute approximate surface area is 207 Å². The number of rotatable bonds is 7. The van der Waals surface area contributed by atoms with Crippen LogP contribution in [-0.4, -0.2) is 58.5 Å². The van der Waals surface area contributed by atoms with Gasteiger partial charge in [0.25, 0.3) is 5.91 Å². The fourth-order valence-corrected chi connectivity index (χ4v) is 3.98. The summed E-state index contributed by atoms with van der Waals surface area (Å²) in [5.41, 5.74) is 1.85. The first-order valence-electron chi connectivity index (χ1n) is 12.3. The molecule has 1 heterocycles. The quantitative estimate of drug-likeness (QED) is 0.323. The Balaban J connectivity index is 2.43. The number of nitrogens with zero attached hydrogens (tertiary/aromatic N) is 2. The summed E-state index contributed by atoms with van der Waals surface area (Å²) in [5.74, 6) is -1.37. The molecule has 1 amide bonds. The number of allylic oxidation sites excluding steroid dienone is 3. The molecule has 1 aliphatic heterocycles. The van der Waals surface area contributed by atoms with Crippen LogP contribution in [0.4, 0.5) is 0 Å². The third-order valence-electron chi connectivity index (χ3n) is 5.81. The molecule has 2 rings (SSSR count). The third-order valence-corrected chi connectivity index (χ3v) is 5.81. The Morgan fingerprint density at radius 2 is 1.94 bits per heavy atom. The Morgan fingerprint density at radius 1 is 1.20 bits per heavy atom. The van der Waals surface area contributed by atoms with E-state index in [0.29, 0.717) is 37.2 Å². The van der Waals surface area contributed by atoms with E-state index in [-0.39, 0.29) is 42.1 Å². The second kappa shape index (κ2) is 14.2. The Kier molecular flexibility index (Phi) is 11.3. The minimum absolute atomic E-state index is 0.0112. The SMILES string of the molecule is CCCC1CC=CCCC(C)=CC(=NOCC(=O)N(CC)CC)Cc2cc(O)cc(O)c2C(=O)O1. The van der Waals surface area contributed by atoms with E-state index in [0.717, 1.165) is 30.9 Å². The number of amides is 1. The molecule has 0 bridgehead atoms. The lowest BCUT2D eigenvalue weighted by Crippen LogP contribution is -2.33. The molecule has 0 spiro atoms. The molecule has 1 aliphatic rings. The lowest BCUT2D eigenvalue weighted by Gasteiger charge is -2.19. The van der Waals surface area contributed by atoms with Crippen LogP contribution in [0.3, 0.4) is 0 Å². The van der Waals surface area contributed by atoms with E-state index < -0.39 is 5.97 Å². The minimum Gasteiger partial charge on any atom is -0.508 e. The van der Waals surface area contributed by atoms with Crippen LogP contribution in [0.15, 0.2) is 41.1 Å². The number of carbonyl (C=O) groups is 2. The number of oxime groups is 1. The monoisotopic (exact) mass is 486 g/mol. The Hall–Kier alpha value is -3.29. The number of carbonyl (C=O) groups excluding carboxylic acids is 2. The number of benzene rings is 1. The molecule has 35 heavy (non-hydrogen) atoms. The highest BCUT2D eigenvalue weighted by atomic mass is 16.6. The van der Waals surface area contributed by atoms with Crippen LogP contribution in [0, 0.1) is 0 Å². The number of fused-ring (bicyclic) bond motifs is 1. The summed E-state index contributed by atoms with van der Waals surface area (Å²) in [5, 5.41) is 24.8. The second-order valence-corrected chi connectivity index (χ2v) is 8.65. The van der Waals surface area contributed by atoms with Gasteiger partial charge in [0.15, 0.2) is 6.61 Å². The number of hydrogen-bond donors (Lipinski definition) is 2. The number of phenols is 2. The largest absolute Gasteiger partial charge is 0.508 e. The fourth-order valence-electron chi connectivity index (χ4n) is 3.98. The molecule has 8 nitrogen and oxygen atoms in total. The van der Waals surface area contributed by atoms with E-state index in [1.54, 1.807) is 4.90 Å². The van der Waals surface area contributed by atoms with E-state index in [4.69, 9.17) is 9.57 Å². The molecule has 1 unspecified atom stereocenters. The Bertz CT molecular complexity index is 963. The molecule has 0 saturated carbocycles. The maximum atomic E-state index is 13.1. The number of phenolic OH excluding ortho intramolecular Hbond substituents is 2. The normalized spacial score (nSPS) is 18.3. The molecule has 1 aromatic carbocycles. The van der Waals surface area contributed by atoms with E-state index >= 15 is 0 Å².